The van der Waals surface area contributed by atoms with Gasteiger partial charge in [0.05, 0.1) is 5.69 Å². The van der Waals surface area contributed by atoms with Crippen molar-refractivity contribution in [2.75, 3.05) is 13.2 Å². The Morgan fingerprint density at radius 2 is 2.00 bits per heavy atom. The number of aromatic nitrogens is 3. The number of nitrogens with zero attached hydrogens (tertiary/aromatic N) is 3. The van der Waals surface area contributed by atoms with Gasteiger partial charge in [-0.3, -0.25) is 4.57 Å². The molecule has 0 saturated carbocycles. The van der Waals surface area contributed by atoms with Crippen molar-refractivity contribution in [3.63, 3.8) is 0 Å². The lowest BCUT2D eigenvalue weighted by Gasteiger charge is -2.22. The molecule has 1 aliphatic rings. The summed E-state index contributed by atoms with van der Waals surface area (Å²) in [4.78, 5) is 9.30. The predicted octanol–water partition coefficient (Wildman–Crippen LogP) is 3.02. The fourth-order valence-corrected chi connectivity index (χ4v) is 3.05. The molecule has 2 aromatic heterocycles. The number of aromatic hydroxyl groups is 1. The number of benzene rings is 1. The Morgan fingerprint density at radius 3 is 2.82 bits per heavy atom. The molecule has 0 atom stereocenters. The molecule has 1 aliphatic heterocycles. The smallest absolute Gasteiger partial charge is 0.164 e. The SMILES string of the molecule is Oc1cccc(-n2c(C3CCOCC3)nc3cccnc32)c1. The van der Waals surface area contributed by atoms with Crippen LogP contribution in [-0.4, -0.2) is 32.9 Å². The van der Waals surface area contributed by atoms with Crippen LogP contribution in [0.25, 0.3) is 16.9 Å². The van der Waals surface area contributed by atoms with Crippen molar-refractivity contribution < 1.29 is 9.84 Å². The zero-order valence-electron chi connectivity index (χ0n) is 12.1. The van der Waals surface area contributed by atoms with Gasteiger partial charge in [0.15, 0.2) is 5.65 Å². The van der Waals surface area contributed by atoms with Crippen LogP contribution < -0.4 is 0 Å². The summed E-state index contributed by atoms with van der Waals surface area (Å²) in [5.41, 5.74) is 2.60. The van der Waals surface area contributed by atoms with Gasteiger partial charge in [-0.25, -0.2) is 9.97 Å². The highest BCUT2D eigenvalue weighted by atomic mass is 16.5. The first-order valence-corrected chi connectivity index (χ1v) is 7.53. The molecule has 1 aromatic carbocycles. The lowest BCUT2D eigenvalue weighted by atomic mass is 9.99. The second-order valence-corrected chi connectivity index (χ2v) is 5.56. The van der Waals surface area contributed by atoms with E-state index in [-0.39, 0.29) is 5.75 Å². The van der Waals surface area contributed by atoms with Crippen LogP contribution >= 0.6 is 0 Å². The Labute approximate surface area is 128 Å². The second kappa shape index (κ2) is 5.42. The normalized spacial score (nSPS) is 16.2. The predicted molar refractivity (Wildman–Crippen MR) is 83.3 cm³/mol. The van der Waals surface area contributed by atoms with Gasteiger partial charge in [-0.1, -0.05) is 6.07 Å². The van der Waals surface area contributed by atoms with Gasteiger partial charge >= 0.3 is 0 Å². The molecule has 0 radical (unpaired) electrons. The average molecular weight is 295 g/mol. The molecule has 0 aliphatic carbocycles. The minimum absolute atomic E-state index is 0.244. The number of ether oxygens (including phenoxy) is 1. The highest BCUT2D eigenvalue weighted by Crippen LogP contribution is 2.31. The Bertz CT molecular complexity index is 807. The van der Waals surface area contributed by atoms with Crippen LogP contribution in [0.5, 0.6) is 5.75 Å². The van der Waals surface area contributed by atoms with E-state index in [1.165, 1.54) is 0 Å². The fourth-order valence-electron chi connectivity index (χ4n) is 3.05. The first-order chi connectivity index (χ1) is 10.8. The minimum atomic E-state index is 0.244. The van der Waals surface area contributed by atoms with Crippen LogP contribution in [0.1, 0.15) is 24.6 Å². The number of hydrogen-bond donors (Lipinski definition) is 1. The Kier molecular flexibility index (Phi) is 3.27. The monoisotopic (exact) mass is 295 g/mol. The van der Waals surface area contributed by atoms with E-state index < -0.39 is 0 Å². The van der Waals surface area contributed by atoms with Gasteiger partial charge in [-0.05, 0) is 37.1 Å². The molecule has 3 heterocycles. The molecule has 5 heteroatoms. The van der Waals surface area contributed by atoms with E-state index in [2.05, 4.69) is 9.55 Å². The van der Waals surface area contributed by atoms with E-state index in [1.54, 1.807) is 18.3 Å². The van der Waals surface area contributed by atoms with Crippen molar-refractivity contribution in [3.05, 3.63) is 48.4 Å². The van der Waals surface area contributed by atoms with Crippen molar-refractivity contribution in [1.29, 1.82) is 0 Å². The van der Waals surface area contributed by atoms with Crippen LogP contribution in [-0.2, 0) is 4.74 Å². The number of pyridine rings is 1. The lowest BCUT2D eigenvalue weighted by Crippen LogP contribution is -2.17. The topological polar surface area (TPSA) is 60.2 Å². The summed E-state index contributed by atoms with van der Waals surface area (Å²) in [5.74, 6) is 1.60. The molecule has 3 aromatic rings. The number of fused-ring (bicyclic) bond motifs is 1. The van der Waals surface area contributed by atoms with Gasteiger partial charge in [0, 0.05) is 31.4 Å². The third-order valence-corrected chi connectivity index (χ3v) is 4.12. The summed E-state index contributed by atoms with van der Waals surface area (Å²) in [6.07, 6.45) is 3.70. The van der Waals surface area contributed by atoms with E-state index in [0.29, 0.717) is 5.92 Å². The number of imidazole rings is 1. The highest BCUT2D eigenvalue weighted by Gasteiger charge is 2.24. The lowest BCUT2D eigenvalue weighted by molar-refractivity contribution is 0.0834. The second-order valence-electron chi connectivity index (χ2n) is 5.56. The van der Waals surface area contributed by atoms with Crippen molar-refractivity contribution in [1.82, 2.24) is 14.5 Å². The van der Waals surface area contributed by atoms with E-state index >= 15 is 0 Å². The molecular weight excluding hydrogens is 278 g/mol. The summed E-state index contributed by atoms with van der Waals surface area (Å²) in [6.45, 7) is 1.53. The van der Waals surface area contributed by atoms with Crippen molar-refractivity contribution in [3.8, 4) is 11.4 Å². The van der Waals surface area contributed by atoms with Crippen molar-refractivity contribution >= 4 is 11.2 Å². The van der Waals surface area contributed by atoms with Crippen LogP contribution in [0.2, 0.25) is 0 Å². The summed E-state index contributed by atoms with van der Waals surface area (Å²) in [7, 11) is 0. The van der Waals surface area contributed by atoms with Gasteiger partial charge in [-0.15, -0.1) is 0 Å². The van der Waals surface area contributed by atoms with Crippen LogP contribution in [0.3, 0.4) is 0 Å². The molecular formula is C17H17N3O2. The number of rotatable bonds is 2. The van der Waals surface area contributed by atoms with E-state index in [0.717, 1.165) is 48.7 Å². The third kappa shape index (κ3) is 2.23. The molecule has 5 nitrogen and oxygen atoms in total. The van der Waals surface area contributed by atoms with Crippen LogP contribution in [0.15, 0.2) is 42.6 Å². The molecule has 1 fully saturated rings. The number of phenolic OH excluding ortho intramolecular Hbond substituents is 1. The molecule has 0 spiro atoms. The minimum Gasteiger partial charge on any atom is -0.508 e. The molecule has 0 amide bonds. The Hall–Kier alpha value is -2.40. The van der Waals surface area contributed by atoms with Gasteiger partial charge < -0.3 is 9.84 Å². The number of hydrogen-bond acceptors (Lipinski definition) is 4. The molecule has 0 bridgehead atoms. The molecule has 1 saturated heterocycles. The summed E-state index contributed by atoms with van der Waals surface area (Å²) < 4.78 is 7.53. The van der Waals surface area contributed by atoms with E-state index in [4.69, 9.17) is 9.72 Å². The van der Waals surface area contributed by atoms with Gasteiger partial charge in [-0.2, -0.15) is 0 Å². The standard InChI is InChI=1S/C17H17N3O2/c21-14-4-1-3-13(11-14)20-16(12-6-9-22-10-7-12)19-15-5-2-8-18-17(15)20/h1-5,8,11-12,21H,6-7,9-10H2. The Balaban J connectivity index is 1.93. The first kappa shape index (κ1) is 13.3. The van der Waals surface area contributed by atoms with Crippen molar-refractivity contribution in [2.45, 2.75) is 18.8 Å². The van der Waals surface area contributed by atoms with Crippen LogP contribution in [0, 0.1) is 0 Å². The van der Waals surface area contributed by atoms with Gasteiger partial charge in [0.1, 0.15) is 17.1 Å². The molecule has 4 rings (SSSR count). The molecule has 112 valence electrons. The average Bonchev–Trinajstić information content (AvgIpc) is 2.95. The molecule has 0 unspecified atom stereocenters. The van der Waals surface area contributed by atoms with Gasteiger partial charge in [0.25, 0.3) is 0 Å². The molecule has 22 heavy (non-hydrogen) atoms. The Morgan fingerprint density at radius 1 is 1.14 bits per heavy atom. The summed E-state index contributed by atoms with van der Waals surface area (Å²) >= 11 is 0. The summed E-state index contributed by atoms with van der Waals surface area (Å²) in [5, 5.41) is 9.81. The zero-order valence-corrected chi connectivity index (χ0v) is 12.1. The quantitative estimate of drug-likeness (QED) is 0.789. The van der Waals surface area contributed by atoms with Crippen molar-refractivity contribution in [2.24, 2.45) is 0 Å². The highest BCUT2D eigenvalue weighted by molar-refractivity contribution is 5.74. The first-order valence-electron chi connectivity index (χ1n) is 7.53. The van der Waals surface area contributed by atoms with E-state index in [1.807, 2.05) is 24.3 Å². The maximum atomic E-state index is 9.81. The zero-order chi connectivity index (χ0) is 14.9. The van der Waals surface area contributed by atoms with Crippen LogP contribution in [0.4, 0.5) is 0 Å². The molecule has 1 N–H and O–H groups in total. The maximum absolute atomic E-state index is 9.81. The summed E-state index contributed by atoms with van der Waals surface area (Å²) in [6, 6.07) is 11.1. The van der Waals surface area contributed by atoms with E-state index in [9.17, 15) is 5.11 Å². The maximum Gasteiger partial charge on any atom is 0.164 e. The number of phenols is 1. The largest absolute Gasteiger partial charge is 0.508 e. The third-order valence-electron chi connectivity index (χ3n) is 4.12. The fraction of sp³-hybridized carbons (Fsp3) is 0.294. The van der Waals surface area contributed by atoms with Gasteiger partial charge in [0.2, 0.25) is 0 Å².